The molecule has 1 fully saturated rings. The van der Waals surface area contributed by atoms with E-state index in [4.69, 9.17) is 4.74 Å². The molecule has 0 aromatic carbocycles. The normalized spacial score (nSPS) is 20.7. The van der Waals surface area contributed by atoms with Crippen molar-refractivity contribution in [1.82, 2.24) is 15.5 Å². The Morgan fingerprint density at radius 1 is 1.09 bits per heavy atom. The van der Waals surface area contributed by atoms with Crippen molar-refractivity contribution in [3.8, 4) is 0 Å². The molecule has 0 aliphatic carbocycles. The van der Waals surface area contributed by atoms with Gasteiger partial charge in [0.15, 0.2) is 0 Å². The lowest BCUT2D eigenvalue weighted by molar-refractivity contribution is -0.138. The molecule has 7 heteroatoms. The summed E-state index contributed by atoms with van der Waals surface area (Å²) in [5.74, 6) is -0.646. The molecule has 0 bridgehead atoms. The molecule has 1 aliphatic heterocycles. The number of likely N-dealkylation sites (tertiary alicyclic amines) is 1. The van der Waals surface area contributed by atoms with Crippen molar-refractivity contribution in [3.05, 3.63) is 11.6 Å². The van der Waals surface area contributed by atoms with Crippen molar-refractivity contribution in [2.45, 2.75) is 112 Å². The minimum Gasteiger partial charge on any atom is -0.463 e. The summed E-state index contributed by atoms with van der Waals surface area (Å²) in [7, 11) is 0. The monoisotopic (exact) mass is 465 g/mol. The fourth-order valence-electron chi connectivity index (χ4n) is 4.14. The highest BCUT2D eigenvalue weighted by atomic mass is 16.5. The van der Waals surface area contributed by atoms with Crippen LogP contribution in [-0.4, -0.2) is 60.0 Å². The molecule has 4 unspecified atom stereocenters. The zero-order valence-electron chi connectivity index (χ0n) is 22.3. The Kier molecular flexibility index (Phi) is 11.6. The number of ether oxygens (including phenoxy) is 1. The maximum Gasteiger partial charge on any atom is 0.333 e. The minimum atomic E-state index is -0.691. The molecule has 0 spiro atoms. The molecule has 0 radical (unpaired) electrons. The minimum absolute atomic E-state index is 0.0638. The van der Waals surface area contributed by atoms with Gasteiger partial charge in [-0.05, 0) is 57.9 Å². The molecular weight excluding hydrogens is 418 g/mol. The average Bonchev–Trinajstić information content (AvgIpc) is 2.75. The predicted molar refractivity (Wildman–Crippen MR) is 133 cm³/mol. The number of rotatable bonds is 10. The molecule has 7 nitrogen and oxygen atoms in total. The summed E-state index contributed by atoms with van der Waals surface area (Å²) in [5, 5.41) is 6.12. The van der Waals surface area contributed by atoms with Crippen LogP contribution >= 0.6 is 0 Å². The van der Waals surface area contributed by atoms with E-state index in [1.54, 1.807) is 19.9 Å². The smallest absolute Gasteiger partial charge is 0.333 e. The first-order chi connectivity index (χ1) is 15.3. The van der Waals surface area contributed by atoms with Gasteiger partial charge in [0.2, 0.25) is 11.8 Å². The van der Waals surface area contributed by atoms with Crippen LogP contribution < -0.4 is 10.6 Å². The van der Waals surface area contributed by atoms with Crippen LogP contribution in [0.1, 0.15) is 88.0 Å². The van der Waals surface area contributed by atoms with E-state index in [2.05, 4.69) is 29.4 Å². The Morgan fingerprint density at radius 2 is 1.73 bits per heavy atom. The number of esters is 1. The Balaban J connectivity index is 3.05. The summed E-state index contributed by atoms with van der Waals surface area (Å²) in [6.07, 6.45) is 5.65. The van der Waals surface area contributed by atoms with Gasteiger partial charge in [-0.25, -0.2) is 4.79 Å². The maximum absolute atomic E-state index is 13.4. The SMILES string of the molecule is CCOC(=O)/C(C)=C/C(NC(=O)C(NC(=O)C1CCCCN1C(C)CC)C(C)(C)C)C(C)C. The second kappa shape index (κ2) is 13.1. The molecule has 2 N–H and O–H groups in total. The number of piperidine rings is 1. The van der Waals surface area contributed by atoms with Crippen LogP contribution in [0.15, 0.2) is 11.6 Å². The molecule has 2 amide bonds. The van der Waals surface area contributed by atoms with E-state index in [1.165, 1.54) is 0 Å². The number of carbonyl (C=O) groups excluding carboxylic acids is 3. The zero-order valence-corrected chi connectivity index (χ0v) is 22.3. The first-order valence-electron chi connectivity index (χ1n) is 12.5. The lowest BCUT2D eigenvalue weighted by atomic mass is 9.85. The van der Waals surface area contributed by atoms with Gasteiger partial charge in [0.05, 0.1) is 18.7 Å². The number of amides is 2. The van der Waals surface area contributed by atoms with Gasteiger partial charge in [-0.1, -0.05) is 54.0 Å². The van der Waals surface area contributed by atoms with E-state index >= 15 is 0 Å². The van der Waals surface area contributed by atoms with Crippen molar-refractivity contribution in [2.24, 2.45) is 11.3 Å². The molecule has 1 saturated heterocycles. The number of hydrogen-bond acceptors (Lipinski definition) is 5. The van der Waals surface area contributed by atoms with E-state index in [9.17, 15) is 14.4 Å². The molecule has 1 rings (SSSR count). The second-order valence-corrected chi connectivity index (χ2v) is 10.7. The fourth-order valence-corrected chi connectivity index (χ4v) is 4.14. The van der Waals surface area contributed by atoms with Gasteiger partial charge in [-0.15, -0.1) is 0 Å². The zero-order chi connectivity index (χ0) is 25.3. The molecule has 1 aliphatic rings. The first kappa shape index (κ1) is 29.1. The molecule has 0 saturated carbocycles. The largest absolute Gasteiger partial charge is 0.463 e. The van der Waals surface area contributed by atoms with Gasteiger partial charge in [0, 0.05) is 11.6 Å². The third-order valence-corrected chi connectivity index (χ3v) is 6.47. The highest BCUT2D eigenvalue weighted by Gasteiger charge is 2.38. The third kappa shape index (κ3) is 8.76. The van der Waals surface area contributed by atoms with E-state index in [1.807, 2.05) is 34.6 Å². The average molecular weight is 466 g/mol. The summed E-state index contributed by atoms with van der Waals surface area (Å²) in [6.45, 7) is 18.8. The van der Waals surface area contributed by atoms with Gasteiger partial charge >= 0.3 is 5.97 Å². The fraction of sp³-hybridized carbons (Fsp3) is 0.808. The first-order valence-corrected chi connectivity index (χ1v) is 12.5. The van der Waals surface area contributed by atoms with E-state index in [-0.39, 0.29) is 35.8 Å². The van der Waals surface area contributed by atoms with Crippen LogP contribution in [0.5, 0.6) is 0 Å². The van der Waals surface area contributed by atoms with Gasteiger partial charge in [0.1, 0.15) is 6.04 Å². The number of nitrogens with one attached hydrogen (secondary N) is 2. The Hall–Kier alpha value is -1.89. The quantitative estimate of drug-likeness (QED) is 0.378. The lowest BCUT2D eigenvalue weighted by Gasteiger charge is -2.40. The molecule has 1 heterocycles. The Bertz CT molecular complexity index is 696. The topological polar surface area (TPSA) is 87.7 Å². The summed E-state index contributed by atoms with van der Waals surface area (Å²) in [6, 6.07) is -0.930. The summed E-state index contributed by atoms with van der Waals surface area (Å²) < 4.78 is 5.07. The molecular formula is C26H47N3O4. The molecule has 0 aromatic rings. The van der Waals surface area contributed by atoms with Crippen molar-refractivity contribution in [1.29, 1.82) is 0 Å². The number of carbonyl (C=O) groups is 3. The van der Waals surface area contributed by atoms with Crippen LogP contribution in [0.25, 0.3) is 0 Å². The molecule has 33 heavy (non-hydrogen) atoms. The highest BCUT2D eigenvalue weighted by Crippen LogP contribution is 2.24. The Morgan fingerprint density at radius 3 is 2.24 bits per heavy atom. The molecule has 0 aromatic heterocycles. The summed E-state index contributed by atoms with van der Waals surface area (Å²) >= 11 is 0. The number of nitrogens with zero attached hydrogens (tertiary/aromatic N) is 1. The maximum atomic E-state index is 13.4. The van der Waals surface area contributed by atoms with Crippen LogP contribution in [-0.2, 0) is 19.1 Å². The van der Waals surface area contributed by atoms with Crippen LogP contribution in [0.3, 0.4) is 0 Å². The van der Waals surface area contributed by atoms with Crippen molar-refractivity contribution in [2.75, 3.05) is 13.2 Å². The van der Waals surface area contributed by atoms with Crippen LogP contribution in [0, 0.1) is 11.3 Å². The second-order valence-electron chi connectivity index (χ2n) is 10.7. The molecule has 190 valence electrons. The standard InChI is InChI=1S/C26H47N3O4/c1-10-19(6)29-15-13-12-14-21(29)23(30)28-22(26(7,8)9)24(31)27-20(17(3)4)16-18(5)25(32)33-11-2/h16-17,19-22H,10-15H2,1-9H3,(H,27,31)(H,28,30)/b18-16+. The van der Waals surface area contributed by atoms with Crippen molar-refractivity contribution in [3.63, 3.8) is 0 Å². The summed E-state index contributed by atoms with van der Waals surface area (Å²) in [4.78, 5) is 41.1. The number of hydrogen-bond donors (Lipinski definition) is 2. The van der Waals surface area contributed by atoms with Gasteiger partial charge in [-0.2, -0.15) is 0 Å². The van der Waals surface area contributed by atoms with Crippen molar-refractivity contribution >= 4 is 17.8 Å². The highest BCUT2D eigenvalue weighted by molar-refractivity contribution is 5.91. The lowest BCUT2D eigenvalue weighted by Crippen LogP contribution is -2.60. The molecule has 4 atom stereocenters. The van der Waals surface area contributed by atoms with Crippen molar-refractivity contribution < 1.29 is 19.1 Å². The Labute approximate surface area is 201 Å². The van der Waals surface area contributed by atoms with Crippen LogP contribution in [0.4, 0.5) is 0 Å². The predicted octanol–water partition coefficient (Wildman–Crippen LogP) is 3.82. The third-order valence-electron chi connectivity index (χ3n) is 6.47. The van der Waals surface area contributed by atoms with E-state index < -0.39 is 11.5 Å². The van der Waals surface area contributed by atoms with E-state index in [0.717, 1.165) is 32.2 Å². The summed E-state index contributed by atoms with van der Waals surface area (Å²) in [5.41, 5.74) is -0.0181. The van der Waals surface area contributed by atoms with Gasteiger partial charge in [0.25, 0.3) is 0 Å². The van der Waals surface area contributed by atoms with Gasteiger partial charge in [-0.3, -0.25) is 14.5 Å². The van der Waals surface area contributed by atoms with Gasteiger partial charge < -0.3 is 15.4 Å². The van der Waals surface area contributed by atoms with Crippen LogP contribution in [0.2, 0.25) is 0 Å². The van der Waals surface area contributed by atoms with E-state index in [0.29, 0.717) is 18.2 Å².